The number of piperazine rings is 1. The number of benzene rings is 3. The van der Waals surface area contributed by atoms with Crippen LogP contribution in [0, 0.1) is 6.92 Å². The average Bonchev–Trinajstić information content (AvgIpc) is 3.50. The summed E-state index contributed by atoms with van der Waals surface area (Å²) in [5.74, 6) is 3.24. The number of carbonyl (C=O) groups excluding carboxylic acids is 1. The van der Waals surface area contributed by atoms with Gasteiger partial charge in [0, 0.05) is 61.3 Å². The first-order chi connectivity index (χ1) is 25.0. The van der Waals surface area contributed by atoms with Gasteiger partial charge in [-0.1, -0.05) is 37.6 Å². The SMILES string of the molecule is CCCCc1nc2c(NCc3ccc(C)cc3OC)nc3ccc(N4CCN(C(=O)OC(C)(C)C)CC4)cc3c2n1Cc1ccc(CO)cc1OC. The molecule has 11 heteroatoms. The number of imidazole rings is 1. The number of aryl methyl sites for hydroxylation is 2. The van der Waals surface area contributed by atoms with E-state index in [4.69, 9.17) is 24.2 Å². The van der Waals surface area contributed by atoms with E-state index in [0.717, 1.165) is 86.5 Å². The fourth-order valence-corrected chi connectivity index (χ4v) is 6.78. The minimum absolute atomic E-state index is 0.0572. The number of hydrogen-bond donors (Lipinski definition) is 2. The average molecular weight is 709 g/mol. The number of amides is 1. The molecule has 2 aromatic heterocycles. The van der Waals surface area contributed by atoms with Crippen molar-refractivity contribution in [3.63, 3.8) is 0 Å². The number of pyridine rings is 1. The van der Waals surface area contributed by atoms with Crippen LogP contribution in [0.4, 0.5) is 16.3 Å². The molecule has 5 aromatic rings. The summed E-state index contributed by atoms with van der Waals surface area (Å²) in [6.45, 7) is 13.5. The zero-order valence-electron chi connectivity index (χ0n) is 31.6. The Labute approximate surface area is 306 Å². The molecule has 0 bridgehead atoms. The van der Waals surface area contributed by atoms with Gasteiger partial charge in [-0.3, -0.25) is 0 Å². The van der Waals surface area contributed by atoms with E-state index >= 15 is 0 Å². The zero-order chi connectivity index (χ0) is 37.0. The number of carbonyl (C=O) groups is 1. The maximum Gasteiger partial charge on any atom is 0.410 e. The number of aromatic nitrogens is 3. The van der Waals surface area contributed by atoms with Crippen LogP contribution in [0.3, 0.4) is 0 Å². The van der Waals surface area contributed by atoms with Gasteiger partial charge in [0.15, 0.2) is 5.82 Å². The van der Waals surface area contributed by atoms with Crippen molar-refractivity contribution in [1.82, 2.24) is 19.4 Å². The fourth-order valence-electron chi connectivity index (χ4n) is 6.78. The number of nitrogens with one attached hydrogen (secondary N) is 1. The number of anilines is 2. The first-order valence-corrected chi connectivity index (χ1v) is 18.2. The number of methoxy groups -OCH3 is 2. The molecule has 2 N–H and O–H groups in total. The number of unbranched alkanes of at least 4 members (excludes halogenated alkanes) is 1. The minimum atomic E-state index is -0.533. The van der Waals surface area contributed by atoms with Gasteiger partial charge in [-0.15, -0.1) is 0 Å². The van der Waals surface area contributed by atoms with Gasteiger partial charge in [-0.05, 0) is 75.6 Å². The molecular formula is C41H52N6O5. The van der Waals surface area contributed by atoms with Gasteiger partial charge in [0.2, 0.25) is 0 Å². The van der Waals surface area contributed by atoms with Crippen LogP contribution in [0.25, 0.3) is 21.9 Å². The third-order valence-corrected chi connectivity index (χ3v) is 9.54. The highest BCUT2D eigenvalue weighted by Gasteiger charge is 2.27. The molecule has 1 fully saturated rings. The highest BCUT2D eigenvalue weighted by molar-refractivity contribution is 6.08. The van der Waals surface area contributed by atoms with Gasteiger partial charge < -0.3 is 39.0 Å². The summed E-state index contributed by atoms with van der Waals surface area (Å²) in [5, 5.41) is 14.4. The third kappa shape index (κ3) is 8.04. The fraction of sp³-hybridized carbons (Fsp3) is 0.439. The summed E-state index contributed by atoms with van der Waals surface area (Å²) in [7, 11) is 3.36. The van der Waals surface area contributed by atoms with Gasteiger partial charge in [0.05, 0.1) is 38.4 Å². The van der Waals surface area contributed by atoms with Crippen molar-refractivity contribution in [3.05, 3.63) is 82.7 Å². The van der Waals surface area contributed by atoms with Crippen molar-refractivity contribution in [2.24, 2.45) is 0 Å². The van der Waals surface area contributed by atoms with Gasteiger partial charge in [-0.25, -0.2) is 14.8 Å². The summed E-state index contributed by atoms with van der Waals surface area (Å²) >= 11 is 0. The molecule has 276 valence electrons. The molecule has 0 saturated carbocycles. The van der Waals surface area contributed by atoms with Crippen LogP contribution in [0.1, 0.15) is 68.6 Å². The molecule has 0 atom stereocenters. The summed E-state index contributed by atoms with van der Waals surface area (Å²) in [4.78, 5) is 27.4. The maximum absolute atomic E-state index is 12.8. The first kappa shape index (κ1) is 36.8. The Bertz CT molecular complexity index is 2040. The second-order valence-electron chi connectivity index (χ2n) is 14.5. The maximum atomic E-state index is 12.8. The lowest BCUT2D eigenvalue weighted by atomic mass is 10.1. The molecule has 1 saturated heterocycles. The molecule has 6 rings (SSSR count). The van der Waals surface area contributed by atoms with Crippen LogP contribution in [0.5, 0.6) is 11.5 Å². The van der Waals surface area contributed by atoms with E-state index in [1.807, 2.05) is 45.0 Å². The highest BCUT2D eigenvalue weighted by atomic mass is 16.6. The Hall–Kier alpha value is -5.03. The molecule has 3 aromatic carbocycles. The van der Waals surface area contributed by atoms with Crippen molar-refractivity contribution in [2.75, 3.05) is 50.6 Å². The van der Waals surface area contributed by atoms with E-state index < -0.39 is 5.60 Å². The Balaban J connectivity index is 1.45. The zero-order valence-corrected chi connectivity index (χ0v) is 31.6. The normalized spacial score (nSPS) is 13.5. The lowest BCUT2D eigenvalue weighted by Crippen LogP contribution is -2.50. The summed E-state index contributed by atoms with van der Waals surface area (Å²) in [6.07, 6.45) is 2.56. The van der Waals surface area contributed by atoms with Gasteiger partial charge in [0.25, 0.3) is 0 Å². The third-order valence-electron chi connectivity index (χ3n) is 9.54. The summed E-state index contributed by atoms with van der Waals surface area (Å²) in [5.41, 5.74) is 7.15. The topological polar surface area (TPSA) is 114 Å². The molecule has 0 radical (unpaired) electrons. The molecule has 52 heavy (non-hydrogen) atoms. The smallest absolute Gasteiger partial charge is 0.410 e. The van der Waals surface area contributed by atoms with Gasteiger partial charge in [-0.2, -0.15) is 0 Å². The second-order valence-corrected chi connectivity index (χ2v) is 14.5. The lowest BCUT2D eigenvalue weighted by Gasteiger charge is -2.36. The van der Waals surface area contributed by atoms with E-state index in [1.165, 1.54) is 0 Å². The van der Waals surface area contributed by atoms with Crippen LogP contribution in [-0.4, -0.2) is 76.6 Å². The number of aliphatic hydroxyl groups excluding tert-OH is 1. The number of rotatable bonds is 12. The number of ether oxygens (including phenoxy) is 3. The van der Waals surface area contributed by atoms with Crippen LogP contribution < -0.4 is 19.7 Å². The predicted molar refractivity (Wildman–Crippen MR) is 207 cm³/mol. The Morgan fingerprint density at radius 3 is 2.35 bits per heavy atom. The quantitative estimate of drug-likeness (QED) is 0.136. The number of hydrogen-bond acceptors (Lipinski definition) is 9. The molecule has 1 amide bonds. The van der Waals surface area contributed by atoms with E-state index in [1.54, 1.807) is 19.1 Å². The van der Waals surface area contributed by atoms with E-state index in [-0.39, 0.29) is 12.7 Å². The monoisotopic (exact) mass is 708 g/mol. The Kier molecular flexibility index (Phi) is 11.1. The molecule has 11 nitrogen and oxygen atoms in total. The lowest BCUT2D eigenvalue weighted by molar-refractivity contribution is 0.0240. The molecule has 0 spiro atoms. The molecule has 1 aliphatic rings. The highest BCUT2D eigenvalue weighted by Crippen LogP contribution is 2.35. The number of fused-ring (bicyclic) bond motifs is 3. The van der Waals surface area contributed by atoms with Crippen molar-refractivity contribution in [3.8, 4) is 11.5 Å². The first-order valence-electron chi connectivity index (χ1n) is 18.2. The van der Waals surface area contributed by atoms with Gasteiger partial charge in [0.1, 0.15) is 28.4 Å². The largest absolute Gasteiger partial charge is 0.496 e. The molecular weight excluding hydrogens is 656 g/mol. The van der Waals surface area contributed by atoms with Crippen molar-refractivity contribution < 1.29 is 24.1 Å². The van der Waals surface area contributed by atoms with Crippen molar-refractivity contribution in [1.29, 1.82) is 0 Å². The number of nitrogens with zero attached hydrogens (tertiary/aromatic N) is 5. The molecule has 1 aliphatic heterocycles. The summed E-state index contributed by atoms with van der Waals surface area (Å²) in [6, 6.07) is 18.5. The van der Waals surface area contributed by atoms with E-state index in [9.17, 15) is 9.90 Å². The van der Waals surface area contributed by atoms with Crippen LogP contribution in [-0.2, 0) is 30.9 Å². The Morgan fingerprint density at radius 1 is 0.923 bits per heavy atom. The van der Waals surface area contributed by atoms with Gasteiger partial charge >= 0.3 is 6.09 Å². The van der Waals surface area contributed by atoms with Crippen LogP contribution >= 0.6 is 0 Å². The predicted octanol–water partition coefficient (Wildman–Crippen LogP) is 7.46. The Morgan fingerprint density at radius 2 is 1.65 bits per heavy atom. The second kappa shape index (κ2) is 15.7. The molecule has 0 unspecified atom stereocenters. The standard InChI is InChI=1S/C41H52N6O5/c1-8-9-10-36-44-37-38(47(36)25-30-14-12-28(26-48)22-35(30)51-7)32-23-31(45-17-19-46(20-18-45)40(49)52-41(3,4)5)15-16-33(32)43-39(37)42-24-29-13-11-27(2)21-34(29)50-6/h11-16,21-23,48H,8-10,17-20,24-26H2,1-7H3,(H,42,43). The minimum Gasteiger partial charge on any atom is -0.496 e. The van der Waals surface area contributed by atoms with E-state index in [2.05, 4.69) is 59.0 Å². The van der Waals surface area contributed by atoms with Crippen LogP contribution in [0.15, 0.2) is 54.6 Å². The van der Waals surface area contributed by atoms with Crippen molar-refractivity contribution in [2.45, 2.75) is 79.2 Å². The number of aliphatic hydroxyl groups is 1. The molecule has 3 heterocycles. The van der Waals surface area contributed by atoms with Crippen LogP contribution in [0.2, 0.25) is 0 Å². The molecule has 0 aliphatic carbocycles. The van der Waals surface area contributed by atoms with Crippen molar-refractivity contribution >= 4 is 39.5 Å². The summed E-state index contributed by atoms with van der Waals surface area (Å²) < 4.78 is 19.5. The van der Waals surface area contributed by atoms with E-state index in [0.29, 0.717) is 45.1 Å².